The maximum absolute atomic E-state index is 14.9. The van der Waals surface area contributed by atoms with Gasteiger partial charge in [0, 0.05) is 17.3 Å². The number of imidazole rings is 1. The van der Waals surface area contributed by atoms with Crippen LogP contribution in [0.1, 0.15) is 10.4 Å². The van der Waals surface area contributed by atoms with Crippen LogP contribution in [-0.4, -0.2) is 30.6 Å². The van der Waals surface area contributed by atoms with Gasteiger partial charge in [0.05, 0.1) is 22.1 Å². The summed E-state index contributed by atoms with van der Waals surface area (Å²) in [4.78, 5) is 35.7. The fourth-order valence-electron chi connectivity index (χ4n) is 3.39. The number of hydrogen-bond donors (Lipinski definition) is 2. The predicted octanol–water partition coefficient (Wildman–Crippen LogP) is 5.18. The lowest BCUT2D eigenvalue weighted by Crippen LogP contribution is -2.20. The fourth-order valence-corrected chi connectivity index (χ4v) is 4.34. The third-order valence-electron chi connectivity index (χ3n) is 4.91. The normalized spacial score (nSPS) is 11.4. The van der Waals surface area contributed by atoms with Crippen molar-refractivity contribution in [3.8, 4) is 5.69 Å². The minimum Gasteiger partial charge on any atom is -0.477 e. The number of nitrogens with one attached hydrogen (secondary N) is 1. The van der Waals surface area contributed by atoms with Crippen molar-refractivity contribution in [2.75, 3.05) is 0 Å². The topological polar surface area (TPSA) is 101 Å². The average molecular weight is 503 g/mol. The van der Waals surface area contributed by atoms with Gasteiger partial charge >= 0.3 is 5.97 Å². The van der Waals surface area contributed by atoms with Crippen LogP contribution in [0.2, 0.25) is 5.02 Å². The third kappa shape index (κ3) is 3.78. The van der Waals surface area contributed by atoms with Gasteiger partial charge in [-0.25, -0.2) is 27.9 Å². The van der Waals surface area contributed by atoms with Crippen molar-refractivity contribution in [1.29, 1.82) is 0 Å². The molecule has 0 bridgehead atoms. The molecule has 0 aliphatic heterocycles. The van der Waals surface area contributed by atoms with E-state index in [0.717, 1.165) is 40.7 Å². The second kappa shape index (κ2) is 8.19. The largest absolute Gasteiger partial charge is 0.477 e. The molecular formula is C22H10ClF3N4O3S. The van der Waals surface area contributed by atoms with Crippen molar-refractivity contribution in [2.45, 2.75) is 10.2 Å². The Labute approximate surface area is 196 Å². The van der Waals surface area contributed by atoms with Gasteiger partial charge in [-0.2, -0.15) is 0 Å². The van der Waals surface area contributed by atoms with Crippen molar-refractivity contribution in [2.24, 2.45) is 0 Å². The number of hydrogen-bond acceptors (Lipinski definition) is 5. The number of pyridine rings is 2. The molecule has 0 atom stereocenters. The molecule has 0 spiro atoms. The van der Waals surface area contributed by atoms with E-state index in [-0.39, 0.29) is 26.9 Å². The molecule has 0 saturated heterocycles. The van der Waals surface area contributed by atoms with Crippen molar-refractivity contribution in [1.82, 2.24) is 19.5 Å². The fraction of sp³-hybridized carbons (Fsp3) is 0. The van der Waals surface area contributed by atoms with Gasteiger partial charge in [0.2, 0.25) is 5.43 Å². The highest BCUT2D eigenvalue weighted by Gasteiger charge is 2.21. The number of rotatable bonds is 4. The Hall–Kier alpha value is -3.83. The molecule has 0 saturated carbocycles. The molecule has 12 heteroatoms. The first-order chi connectivity index (χ1) is 16.2. The second-order valence-corrected chi connectivity index (χ2v) is 8.51. The number of aromatic carboxylic acids is 1. The van der Waals surface area contributed by atoms with Gasteiger partial charge in [-0.3, -0.25) is 9.36 Å². The molecule has 0 radical (unpaired) electrons. The quantitative estimate of drug-likeness (QED) is 0.351. The number of benzene rings is 2. The third-order valence-corrected chi connectivity index (χ3v) is 6.02. The lowest BCUT2D eigenvalue weighted by atomic mass is 10.1. The van der Waals surface area contributed by atoms with Crippen LogP contribution in [0.5, 0.6) is 0 Å². The zero-order valence-corrected chi connectivity index (χ0v) is 18.2. The Morgan fingerprint density at radius 1 is 1.06 bits per heavy atom. The lowest BCUT2D eigenvalue weighted by Gasteiger charge is -2.13. The predicted molar refractivity (Wildman–Crippen MR) is 119 cm³/mol. The summed E-state index contributed by atoms with van der Waals surface area (Å²) in [7, 11) is 0. The van der Waals surface area contributed by atoms with Crippen molar-refractivity contribution >= 4 is 51.4 Å². The number of aromatic nitrogens is 4. The molecule has 3 heterocycles. The maximum atomic E-state index is 14.9. The molecule has 0 fully saturated rings. The van der Waals surface area contributed by atoms with Crippen LogP contribution in [0.15, 0.2) is 63.6 Å². The number of halogens is 4. The molecule has 2 aromatic carbocycles. The summed E-state index contributed by atoms with van der Waals surface area (Å²) < 4.78 is 43.9. The molecule has 0 unspecified atom stereocenters. The maximum Gasteiger partial charge on any atom is 0.341 e. The van der Waals surface area contributed by atoms with E-state index >= 15 is 0 Å². The van der Waals surface area contributed by atoms with Crippen LogP contribution in [0.4, 0.5) is 13.2 Å². The number of carbonyl (C=O) groups is 1. The van der Waals surface area contributed by atoms with Gasteiger partial charge < -0.3 is 10.1 Å². The summed E-state index contributed by atoms with van der Waals surface area (Å²) in [6.07, 6.45) is 0.867. The van der Waals surface area contributed by atoms with Crippen LogP contribution in [0.25, 0.3) is 27.8 Å². The van der Waals surface area contributed by atoms with E-state index in [0.29, 0.717) is 22.1 Å². The van der Waals surface area contributed by atoms with E-state index in [1.165, 1.54) is 0 Å². The van der Waals surface area contributed by atoms with E-state index in [1.807, 2.05) is 0 Å². The molecule has 170 valence electrons. The minimum atomic E-state index is -1.59. The van der Waals surface area contributed by atoms with E-state index in [2.05, 4.69) is 15.0 Å². The first-order valence-corrected chi connectivity index (χ1v) is 10.7. The summed E-state index contributed by atoms with van der Waals surface area (Å²) >= 11 is 6.78. The second-order valence-electron chi connectivity index (χ2n) is 7.09. The van der Waals surface area contributed by atoms with Crippen LogP contribution in [0.3, 0.4) is 0 Å². The first-order valence-electron chi connectivity index (χ1n) is 9.49. The summed E-state index contributed by atoms with van der Waals surface area (Å²) in [6, 6.07) is 8.40. The monoisotopic (exact) mass is 502 g/mol. The lowest BCUT2D eigenvalue weighted by molar-refractivity contribution is 0.0695. The average Bonchev–Trinajstić information content (AvgIpc) is 3.17. The Balaban J connectivity index is 1.73. The van der Waals surface area contributed by atoms with Gasteiger partial charge in [-0.05, 0) is 48.2 Å². The van der Waals surface area contributed by atoms with E-state index in [1.54, 1.807) is 18.2 Å². The molecule has 0 amide bonds. The highest BCUT2D eigenvalue weighted by molar-refractivity contribution is 7.99. The van der Waals surface area contributed by atoms with Crippen molar-refractivity contribution in [3.05, 3.63) is 86.9 Å². The molecule has 0 aliphatic rings. The molecule has 3 aromatic heterocycles. The molecule has 0 aliphatic carbocycles. The summed E-state index contributed by atoms with van der Waals surface area (Å²) in [5.74, 6) is -4.40. The SMILES string of the molecule is O=C(O)c1cn(-c2ccc(F)cc2F)c2nc(Sc3nc4ccc(Cl)cc4[nH]3)c(F)cc2c1=O. The number of aromatic amines is 1. The number of H-pyrrole nitrogens is 1. The van der Waals surface area contributed by atoms with Crippen molar-refractivity contribution < 1.29 is 23.1 Å². The number of nitrogens with zero attached hydrogens (tertiary/aromatic N) is 3. The summed E-state index contributed by atoms with van der Waals surface area (Å²) in [5.41, 5.74) is -1.04. The van der Waals surface area contributed by atoms with E-state index in [9.17, 15) is 27.9 Å². The van der Waals surface area contributed by atoms with E-state index in [4.69, 9.17) is 11.6 Å². The Bertz CT molecular complexity index is 1700. The van der Waals surface area contributed by atoms with Gasteiger partial charge in [0.15, 0.2) is 11.0 Å². The van der Waals surface area contributed by atoms with Crippen LogP contribution in [0, 0.1) is 17.5 Å². The highest BCUT2D eigenvalue weighted by atomic mass is 35.5. The Morgan fingerprint density at radius 3 is 2.59 bits per heavy atom. The van der Waals surface area contributed by atoms with Crippen LogP contribution >= 0.6 is 23.4 Å². The smallest absolute Gasteiger partial charge is 0.341 e. The van der Waals surface area contributed by atoms with Gasteiger partial charge in [-0.15, -0.1) is 0 Å². The first kappa shape index (κ1) is 22.0. The molecule has 7 nitrogen and oxygen atoms in total. The molecule has 5 rings (SSSR count). The molecule has 34 heavy (non-hydrogen) atoms. The van der Waals surface area contributed by atoms with E-state index < -0.39 is 34.4 Å². The minimum absolute atomic E-state index is 0.212. The van der Waals surface area contributed by atoms with Crippen LogP contribution < -0.4 is 5.43 Å². The highest BCUT2D eigenvalue weighted by Crippen LogP contribution is 2.31. The molecule has 5 aromatic rings. The summed E-state index contributed by atoms with van der Waals surface area (Å²) in [6.45, 7) is 0. The number of carboxylic acid groups (broad SMARTS) is 1. The van der Waals surface area contributed by atoms with Gasteiger partial charge in [0.1, 0.15) is 27.9 Å². The van der Waals surface area contributed by atoms with Gasteiger partial charge in [0.25, 0.3) is 0 Å². The number of fused-ring (bicyclic) bond motifs is 2. The number of carboxylic acids is 1. The van der Waals surface area contributed by atoms with Crippen LogP contribution in [-0.2, 0) is 0 Å². The molecular weight excluding hydrogens is 493 g/mol. The summed E-state index contributed by atoms with van der Waals surface area (Å²) in [5, 5.41) is 9.56. The van der Waals surface area contributed by atoms with Crippen molar-refractivity contribution in [3.63, 3.8) is 0 Å². The zero-order chi connectivity index (χ0) is 24.1. The zero-order valence-electron chi connectivity index (χ0n) is 16.6. The molecule has 2 N–H and O–H groups in total. The van der Waals surface area contributed by atoms with Gasteiger partial charge in [-0.1, -0.05) is 11.6 Å². The standard InChI is InChI=1S/C22H10ClF3N4O3S/c23-9-1-3-15-16(5-9)28-22(27-15)34-20-14(26)7-11-18(31)12(21(32)33)8-30(19(11)29-20)17-4-2-10(24)6-13(17)25/h1-8H,(H,27,28)(H,32,33). The Morgan fingerprint density at radius 2 is 1.85 bits per heavy atom. The Kier molecular flexibility index (Phi) is 5.29.